The Balaban J connectivity index is 1.61. The molecule has 7 nitrogen and oxygen atoms in total. The first-order valence-electron chi connectivity index (χ1n) is 11.3. The van der Waals surface area contributed by atoms with Crippen molar-refractivity contribution in [2.24, 2.45) is 0 Å². The molecule has 0 saturated heterocycles. The van der Waals surface area contributed by atoms with Crippen molar-refractivity contribution in [2.45, 2.75) is 39.3 Å². The molecular weight excluding hydrogens is 418 g/mol. The summed E-state index contributed by atoms with van der Waals surface area (Å²) < 4.78 is 11.0. The summed E-state index contributed by atoms with van der Waals surface area (Å²) >= 11 is 0. The normalized spacial score (nSPS) is 14.4. The predicted octanol–water partition coefficient (Wildman–Crippen LogP) is 4.20. The monoisotopic (exact) mass is 447 g/mol. The van der Waals surface area contributed by atoms with Gasteiger partial charge in [-0.3, -0.25) is 14.7 Å². The number of nitrogens with zero attached hydrogens (tertiary/aromatic N) is 2. The van der Waals surface area contributed by atoms with Gasteiger partial charge >= 0.3 is 5.97 Å². The van der Waals surface area contributed by atoms with E-state index in [2.05, 4.69) is 17.1 Å². The zero-order valence-electron chi connectivity index (χ0n) is 19.3. The van der Waals surface area contributed by atoms with Crippen LogP contribution in [0.4, 0.5) is 5.69 Å². The second-order valence-corrected chi connectivity index (χ2v) is 8.19. The van der Waals surface area contributed by atoms with E-state index < -0.39 is 18.0 Å². The number of hydrogen-bond donors (Lipinski definition) is 1. The van der Waals surface area contributed by atoms with E-state index in [1.807, 2.05) is 30.3 Å². The summed E-state index contributed by atoms with van der Waals surface area (Å²) in [6, 6.07) is 14.7. The first kappa shape index (κ1) is 22.7. The third-order valence-electron chi connectivity index (χ3n) is 5.89. The number of esters is 1. The summed E-state index contributed by atoms with van der Waals surface area (Å²) in [7, 11) is 1.54. The van der Waals surface area contributed by atoms with Crippen LogP contribution in [0.2, 0.25) is 0 Å². The van der Waals surface area contributed by atoms with Gasteiger partial charge in [-0.2, -0.15) is 0 Å². The fourth-order valence-corrected chi connectivity index (χ4v) is 4.24. The number of anilines is 1. The molecule has 1 unspecified atom stereocenters. The lowest BCUT2D eigenvalue weighted by Crippen LogP contribution is -2.34. The number of amides is 1. The van der Waals surface area contributed by atoms with Crippen molar-refractivity contribution in [1.29, 1.82) is 0 Å². The van der Waals surface area contributed by atoms with Crippen LogP contribution in [-0.2, 0) is 22.5 Å². The number of fused-ring (bicyclic) bond motifs is 2. The molecular formula is C26H29N3O4. The van der Waals surface area contributed by atoms with E-state index in [1.54, 1.807) is 25.1 Å². The maximum absolute atomic E-state index is 13.4. The van der Waals surface area contributed by atoms with Crippen LogP contribution in [0, 0.1) is 0 Å². The maximum Gasteiger partial charge on any atom is 0.339 e. The Bertz CT molecular complexity index is 1180. The molecule has 0 spiro atoms. The predicted molar refractivity (Wildman–Crippen MR) is 128 cm³/mol. The number of benzene rings is 2. The van der Waals surface area contributed by atoms with Gasteiger partial charge in [0.2, 0.25) is 0 Å². The van der Waals surface area contributed by atoms with Crippen molar-refractivity contribution >= 4 is 28.5 Å². The lowest BCUT2D eigenvalue weighted by molar-refractivity contribution is -0.123. The van der Waals surface area contributed by atoms with Gasteiger partial charge in [0.05, 0.1) is 23.9 Å². The fourth-order valence-electron chi connectivity index (χ4n) is 4.24. The second-order valence-electron chi connectivity index (χ2n) is 8.19. The molecule has 33 heavy (non-hydrogen) atoms. The van der Waals surface area contributed by atoms with Gasteiger partial charge in [0, 0.05) is 36.2 Å². The van der Waals surface area contributed by atoms with Crippen LogP contribution in [0.5, 0.6) is 5.75 Å². The number of aromatic nitrogens is 1. The van der Waals surface area contributed by atoms with Crippen LogP contribution in [0.15, 0.2) is 48.5 Å². The van der Waals surface area contributed by atoms with Gasteiger partial charge in [0.1, 0.15) is 5.75 Å². The summed E-state index contributed by atoms with van der Waals surface area (Å²) in [5, 5.41) is 3.53. The zero-order valence-corrected chi connectivity index (χ0v) is 19.3. The molecule has 0 bridgehead atoms. The molecule has 4 rings (SSSR count). The summed E-state index contributed by atoms with van der Waals surface area (Å²) in [5.41, 5.74) is 3.62. The second kappa shape index (κ2) is 10.0. The Labute approximate surface area is 193 Å². The summed E-state index contributed by atoms with van der Waals surface area (Å²) in [6.07, 6.45) is 0.834. The number of carbonyl (C=O) groups is 2. The topological polar surface area (TPSA) is 80.8 Å². The Morgan fingerprint density at radius 3 is 2.70 bits per heavy atom. The number of para-hydroxylation sites is 3. The molecule has 1 aliphatic rings. The molecule has 1 aliphatic heterocycles. The van der Waals surface area contributed by atoms with Crippen molar-refractivity contribution < 1.29 is 19.1 Å². The SMILES string of the molecule is CCCN1CCc2nc3ccccc3c(C(=O)OC(C)C(=O)Nc3ccccc3OC)c2C1. The highest BCUT2D eigenvalue weighted by Gasteiger charge is 2.28. The molecule has 1 aromatic heterocycles. The van der Waals surface area contributed by atoms with E-state index in [0.717, 1.165) is 48.1 Å². The van der Waals surface area contributed by atoms with Crippen LogP contribution in [0.3, 0.4) is 0 Å². The molecule has 172 valence electrons. The molecule has 3 aromatic rings. The summed E-state index contributed by atoms with van der Waals surface area (Å²) in [5.74, 6) is -0.395. The lowest BCUT2D eigenvalue weighted by atomic mass is 9.95. The highest BCUT2D eigenvalue weighted by molar-refractivity contribution is 6.06. The molecule has 0 saturated carbocycles. The Hall–Kier alpha value is -3.45. The minimum atomic E-state index is -0.986. The molecule has 1 amide bonds. The number of carbonyl (C=O) groups excluding carboxylic acids is 2. The third-order valence-corrected chi connectivity index (χ3v) is 5.89. The first-order valence-corrected chi connectivity index (χ1v) is 11.3. The van der Waals surface area contributed by atoms with Gasteiger partial charge in [-0.25, -0.2) is 4.79 Å². The molecule has 1 N–H and O–H groups in total. The van der Waals surface area contributed by atoms with Crippen molar-refractivity contribution in [1.82, 2.24) is 9.88 Å². The number of ether oxygens (including phenoxy) is 2. The highest BCUT2D eigenvalue weighted by atomic mass is 16.5. The highest BCUT2D eigenvalue weighted by Crippen LogP contribution is 2.29. The molecule has 0 radical (unpaired) electrons. The van der Waals surface area contributed by atoms with Crippen LogP contribution in [0.1, 0.15) is 41.9 Å². The number of methoxy groups -OCH3 is 1. The van der Waals surface area contributed by atoms with Crippen molar-refractivity contribution in [3.63, 3.8) is 0 Å². The number of rotatable bonds is 7. The lowest BCUT2D eigenvalue weighted by Gasteiger charge is -2.29. The van der Waals surface area contributed by atoms with Gasteiger partial charge in [0.15, 0.2) is 6.10 Å². The third kappa shape index (κ3) is 4.83. The Morgan fingerprint density at radius 2 is 1.91 bits per heavy atom. The van der Waals surface area contributed by atoms with E-state index in [9.17, 15) is 9.59 Å². The van der Waals surface area contributed by atoms with Gasteiger partial charge in [0.25, 0.3) is 5.91 Å². The van der Waals surface area contributed by atoms with Gasteiger partial charge in [-0.15, -0.1) is 0 Å². The van der Waals surface area contributed by atoms with E-state index in [0.29, 0.717) is 23.5 Å². The fraction of sp³-hybridized carbons (Fsp3) is 0.346. The molecule has 7 heteroatoms. The summed E-state index contributed by atoms with van der Waals surface area (Å²) in [6.45, 7) is 6.23. The number of hydrogen-bond acceptors (Lipinski definition) is 6. The van der Waals surface area contributed by atoms with Crippen LogP contribution >= 0.6 is 0 Å². The molecule has 0 fully saturated rings. The molecule has 0 aliphatic carbocycles. The Kier molecular flexibility index (Phi) is 6.89. The minimum Gasteiger partial charge on any atom is -0.495 e. The van der Waals surface area contributed by atoms with E-state index >= 15 is 0 Å². The smallest absolute Gasteiger partial charge is 0.339 e. The van der Waals surface area contributed by atoms with Gasteiger partial charge in [-0.05, 0) is 38.1 Å². The van der Waals surface area contributed by atoms with Crippen molar-refractivity contribution in [3.8, 4) is 5.75 Å². The molecule has 2 aromatic carbocycles. The Morgan fingerprint density at radius 1 is 1.15 bits per heavy atom. The van der Waals surface area contributed by atoms with E-state index in [4.69, 9.17) is 14.5 Å². The summed E-state index contributed by atoms with van der Waals surface area (Å²) in [4.78, 5) is 33.3. The molecule has 1 atom stereocenters. The minimum absolute atomic E-state index is 0.423. The van der Waals surface area contributed by atoms with Gasteiger partial charge in [-0.1, -0.05) is 37.3 Å². The standard InChI is InChI=1S/C26H29N3O4/c1-4-14-29-15-13-21-19(16-29)24(18-9-5-6-10-20(18)27-21)26(31)33-17(2)25(30)28-22-11-7-8-12-23(22)32-3/h5-12,17H,4,13-16H2,1-3H3,(H,28,30). The van der Waals surface area contributed by atoms with Crippen molar-refractivity contribution in [3.05, 3.63) is 65.4 Å². The maximum atomic E-state index is 13.4. The average molecular weight is 448 g/mol. The first-order chi connectivity index (χ1) is 16.0. The van der Waals surface area contributed by atoms with Crippen LogP contribution in [0.25, 0.3) is 10.9 Å². The quantitative estimate of drug-likeness (QED) is 0.547. The zero-order chi connectivity index (χ0) is 23.4. The molecule has 2 heterocycles. The average Bonchev–Trinajstić information content (AvgIpc) is 2.83. The van der Waals surface area contributed by atoms with E-state index in [1.165, 1.54) is 7.11 Å². The number of nitrogens with one attached hydrogen (secondary N) is 1. The van der Waals surface area contributed by atoms with Gasteiger partial charge < -0.3 is 14.8 Å². The van der Waals surface area contributed by atoms with Crippen LogP contribution in [-0.4, -0.2) is 48.1 Å². The van der Waals surface area contributed by atoms with E-state index in [-0.39, 0.29) is 0 Å². The van der Waals surface area contributed by atoms with Crippen LogP contribution < -0.4 is 10.1 Å². The number of pyridine rings is 1. The van der Waals surface area contributed by atoms with Crippen molar-refractivity contribution in [2.75, 3.05) is 25.5 Å². The largest absolute Gasteiger partial charge is 0.495 e.